The molecule has 3 nitrogen and oxygen atoms in total. The quantitative estimate of drug-likeness (QED) is 0.816. The topological polar surface area (TPSA) is 55.1 Å². The summed E-state index contributed by atoms with van der Waals surface area (Å²) in [6, 6.07) is 7.52. The summed E-state index contributed by atoms with van der Waals surface area (Å²) >= 11 is 4.88. The number of hydrogen-bond acceptors (Lipinski definition) is 3. The molecule has 0 unspecified atom stereocenters. The number of rotatable bonds is 5. The van der Waals surface area contributed by atoms with Gasteiger partial charge in [0.25, 0.3) is 0 Å². The number of amides is 1. The maximum atomic E-state index is 11.4. The zero-order chi connectivity index (χ0) is 11.1. The van der Waals surface area contributed by atoms with Gasteiger partial charge in [-0.25, -0.2) is 0 Å². The molecular formula is C10H13BrN2OS. The van der Waals surface area contributed by atoms with Crippen LogP contribution in [0.2, 0.25) is 0 Å². The van der Waals surface area contributed by atoms with Crippen molar-refractivity contribution in [2.24, 2.45) is 5.73 Å². The molecule has 0 aromatic heterocycles. The molecule has 0 radical (unpaired) electrons. The highest BCUT2D eigenvalue weighted by molar-refractivity contribution is 9.10. The molecule has 0 aliphatic carbocycles. The lowest BCUT2D eigenvalue weighted by Gasteiger charge is -2.04. The van der Waals surface area contributed by atoms with Crippen molar-refractivity contribution in [2.75, 3.05) is 23.4 Å². The van der Waals surface area contributed by atoms with Crippen LogP contribution in [0.25, 0.3) is 0 Å². The third kappa shape index (κ3) is 5.20. The summed E-state index contributed by atoms with van der Waals surface area (Å²) in [4.78, 5) is 11.4. The van der Waals surface area contributed by atoms with Gasteiger partial charge < -0.3 is 11.1 Å². The van der Waals surface area contributed by atoms with E-state index in [1.54, 1.807) is 0 Å². The van der Waals surface area contributed by atoms with Crippen LogP contribution in [0, 0.1) is 0 Å². The molecular weight excluding hydrogens is 276 g/mol. The Kier molecular flexibility index (Phi) is 5.75. The van der Waals surface area contributed by atoms with Gasteiger partial charge in [-0.1, -0.05) is 22.0 Å². The second kappa shape index (κ2) is 6.87. The Hall–Kier alpha value is -0.520. The third-order valence-electron chi connectivity index (χ3n) is 1.60. The van der Waals surface area contributed by atoms with Crippen LogP contribution in [-0.4, -0.2) is 24.0 Å². The minimum Gasteiger partial charge on any atom is -0.330 e. The summed E-state index contributed by atoms with van der Waals surface area (Å²) < 4.78 is 0.954. The van der Waals surface area contributed by atoms with Gasteiger partial charge in [-0.05, 0) is 18.2 Å². The SMILES string of the molecule is NCCSCC(=O)Nc1cccc(Br)c1. The largest absolute Gasteiger partial charge is 0.330 e. The first-order valence-electron chi connectivity index (χ1n) is 4.55. The van der Waals surface area contributed by atoms with E-state index < -0.39 is 0 Å². The van der Waals surface area contributed by atoms with Gasteiger partial charge in [0.2, 0.25) is 5.91 Å². The van der Waals surface area contributed by atoms with E-state index in [0.29, 0.717) is 12.3 Å². The number of thioether (sulfide) groups is 1. The van der Waals surface area contributed by atoms with Crippen LogP contribution >= 0.6 is 27.7 Å². The van der Waals surface area contributed by atoms with Gasteiger partial charge in [0.1, 0.15) is 0 Å². The van der Waals surface area contributed by atoms with E-state index in [2.05, 4.69) is 21.2 Å². The molecule has 82 valence electrons. The summed E-state index contributed by atoms with van der Waals surface area (Å²) in [5.74, 6) is 1.27. The van der Waals surface area contributed by atoms with Crippen LogP contribution in [-0.2, 0) is 4.79 Å². The summed E-state index contributed by atoms with van der Waals surface area (Å²) in [6.45, 7) is 0.606. The fraction of sp³-hybridized carbons (Fsp3) is 0.300. The standard InChI is InChI=1S/C10H13BrN2OS/c11-8-2-1-3-9(6-8)13-10(14)7-15-5-4-12/h1-3,6H,4-5,7,12H2,(H,13,14). The van der Waals surface area contributed by atoms with E-state index >= 15 is 0 Å². The number of halogens is 1. The van der Waals surface area contributed by atoms with Gasteiger partial charge in [0, 0.05) is 22.5 Å². The van der Waals surface area contributed by atoms with Crippen molar-refractivity contribution in [3.05, 3.63) is 28.7 Å². The maximum absolute atomic E-state index is 11.4. The summed E-state index contributed by atoms with van der Waals surface area (Å²) in [5, 5.41) is 2.81. The second-order valence-electron chi connectivity index (χ2n) is 2.90. The van der Waals surface area contributed by atoms with E-state index in [4.69, 9.17) is 5.73 Å². The highest BCUT2D eigenvalue weighted by Gasteiger charge is 2.01. The normalized spacial score (nSPS) is 10.0. The third-order valence-corrected chi connectivity index (χ3v) is 3.09. The number of hydrogen-bond donors (Lipinski definition) is 2. The fourth-order valence-corrected chi connectivity index (χ4v) is 1.98. The maximum Gasteiger partial charge on any atom is 0.234 e. The van der Waals surface area contributed by atoms with Crippen LogP contribution in [0.15, 0.2) is 28.7 Å². The first kappa shape index (κ1) is 12.5. The fourth-order valence-electron chi connectivity index (χ4n) is 1.01. The lowest BCUT2D eigenvalue weighted by molar-refractivity contribution is -0.113. The van der Waals surface area contributed by atoms with Crippen molar-refractivity contribution in [3.63, 3.8) is 0 Å². The first-order chi connectivity index (χ1) is 7.22. The van der Waals surface area contributed by atoms with Crippen molar-refractivity contribution in [1.29, 1.82) is 0 Å². The number of carbonyl (C=O) groups is 1. The van der Waals surface area contributed by atoms with Crippen LogP contribution in [0.3, 0.4) is 0 Å². The van der Waals surface area contributed by atoms with Crippen LogP contribution in [0.1, 0.15) is 0 Å². The number of nitrogens with two attached hydrogens (primary N) is 1. The number of nitrogens with one attached hydrogen (secondary N) is 1. The summed E-state index contributed by atoms with van der Waals surface area (Å²) in [7, 11) is 0. The molecule has 0 aliphatic rings. The van der Waals surface area contributed by atoms with Crippen LogP contribution in [0.5, 0.6) is 0 Å². The average Bonchev–Trinajstić information content (AvgIpc) is 2.18. The molecule has 0 atom stereocenters. The monoisotopic (exact) mass is 288 g/mol. The molecule has 0 saturated carbocycles. The molecule has 0 fully saturated rings. The molecule has 0 bridgehead atoms. The lowest BCUT2D eigenvalue weighted by Crippen LogP contribution is -2.15. The van der Waals surface area contributed by atoms with Gasteiger partial charge in [-0.15, -0.1) is 0 Å². The van der Waals surface area contributed by atoms with Crippen LogP contribution < -0.4 is 11.1 Å². The smallest absolute Gasteiger partial charge is 0.234 e. The summed E-state index contributed by atoms with van der Waals surface area (Å²) in [5.41, 5.74) is 6.14. The Morgan fingerprint density at radius 1 is 1.53 bits per heavy atom. The highest BCUT2D eigenvalue weighted by atomic mass is 79.9. The van der Waals surface area contributed by atoms with Gasteiger partial charge in [-0.3, -0.25) is 4.79 Å². The van der Waals surface area contributed by atoms with E-state index in [9.17, 15) is 4.79 Å². The molecule has 15 heavy (non-hydrogen) atoms. The summed E-state index contributed by atoms with van der Waals surface area (Å²) in [6.07, 6.45) is 0. The molecule has 0 saturated heterocycles. The van der Waals surface area contributed by atoms with E-state index in [1.807, 2.05) is 24.3 Å². The van der Waals surface area contributed by atoms with Crippen molar-refractivity contribution in [2.45, 2.75) is 0 Å². The lowest BCUT2D eigenvalue weighted by atomic mass is 10.3. The molecule has 1 amide bonds. The van der Waals surface area contributed by atoms with Gasteiger partial charge in [0.15, 0.2) is 0 Å². The molecule has 1 aromatic rings. The van der Waals surface area contributed by atoms with Crippen molar-refractivity contribution >= 4 is 39.3 Å². The zero-order valence-corrected chi connectivity index (χ0v) is 10.6. The Labute approximate surface area is 102 Å². The molecule has 1 rings (SSSR count). The predicted molar refractivity (Wildman–Crippen MR) is 69.2 cm³/mol. The molecule has 3 N–H and O–H groups in total. The van der Waals surface area contributed by atoms with E-state index in [1.165, 1.54) is 11.8 Å². The highest BCUT2D eigenvalue weighted by Crippen LogP contribution is 2.15. The molecule has 5 heteroatoms. The van der Waals surface area contributed by atoms with Gasteiger partial charge in [0.05, 0.1) is 5.75 Å². The number of carbonyl (C=O) groups excluding carboxylic acids is 1. The van der Waals surface area contributed by atoms with Crippen LogP contribution in [0.4, 0.5) is 5.69 Å². The van der Waals surface area contributed by atoms with Crippen molar-refractivity contribution in [3.8, 4) is 0 Å². The Morgan fingerprint density at radius 2 is 2.33 bits per heavy atom. The molecule has 1 aromatic carbocycles. The van der Waals surface area contributed by atoms with Crippen molar-refractivity contribution in [1.82, 2.24) is 0 Å². The Balaban J connectivity index is 2.37. The predicted octanol–water partition coefficient (Wildman–Crippen LogP) is 2.08. The second-order valence-corrected chi connectivity index (χ2v) is 4.92. The van der Waals surface area contributed by atoms with E-state index in [0.717, 1.165) is 15.9 Å². The Bertz CT molecular complexity index is 333. The average molecular weight is 289 g/mol. The van der Waals surface area contributed by atoms with E-state index in [-0.39, 0.29) is 5.91 Å². The molecule has 0 heterocycles. The molecule has 0 aliphatic heterocycles. The minimum absolute atomic E-state index is 0.00606. The number of benzene rings is 1. The van der Waals surface area contributed by atoms with Gasteiger partial charge in [-0.2, -0.15) is 11.8 Å². The molecule has 0 spiro atoms. The Morgan fingerprint density at radius 3 is 3.00 bits per heavy atom. The zero-order valence-electron chi connectivity index (χ0n) is 8.20. The number of anilines is 1. The van der Waals surface area contributed by atoms with Crippen molar-refractivity contribution < 1.29 is 4.79 Å². The first-order valence-corrected chi connectivity index (χ1v) is 6.50. The van der Waals surface area contributed by atoms with Gasteiger partial charge >= 0.3 is 0 Å². The minimum atomic E-state index is 0.00606.